The van der Waals surface area contributed by atoms with E-state index in [9.17, 15) is 0 Å². The van der Waals surface area contributed by atoms with Crippen molar-refractivity contribution in [2.45, 2.75) is 25.8 Å². The van der Waals surface area contributed by atoms with Crippen LogP contribution in [0, 0.1) is 0 Å². The van der Waals surface area contributed by atoms with Crippen molar-refractivity contribution in [1.82, 2.24) is 9.88 Å². The SMILES string of the molecule is CC(CNc1ncc(Br)cc1N)N1CCCC1. The van der Waals surface area contributed by atoms with Gasteiger partial charge in [-0.05, 0) is 54.9 Å². The largest absolute Gasteiger partial charge is 0.396 e. The molecule has 0 aliphatic carbocycles. The summed E-state index contributed by atoms with van der Waals surface area (Å²) in [7, 11) is 0. The summed E-state index contributed by atoms with van der Waals surface area (Å²) in [4.78, 5) is 6.78. The van der Waals surface area contributed by atoms with Crippen molar-refractivity contribution in [3.05, 3.63) is 16.7 Å². The normalized spacial score (nSPS) is 18.2. The smallest absolute Gasteiger partial charge is 0.149 e. The number of rotatable bonds is 4. The molecule has 1 atom stereocenters. The summed E-state index contributed by atoms with van der Waals surface area (Å²) in [5, 5.41) is 3.32. The highest BCUT2D eigenvalue weighted by Gasteiger charge is 2.17. The van der Waals surface area contributed by atoms with Crippen molar-refractivity contribution >= 4 is 27.4 Å². The van der Waals surface area contributed by atoms with Crippen LogP contribution in [0.5, 0.6) is 0 Å². The van der Waals surface area contributed by atoms with Crippen LogP contribution in [0.1, 0.15) is 19.8 Å². The maximum atomic E-state index is 5.89. The molecule has 0 aromatic carbocycles. The molecule has 1 aliphatic rings. The summed E-state index contributed by atoms with van der Waals surface area (Å²) in [5.74, 6) is 0.777. The number of nitrogens with one attached hydrogen (secondary N) is 1. The van der Waals surface area contributed by atoms with Crippen molar-refractivity contribution in [3.8, 4) is 0 Å². The van der Waals surface area contributed by atoms with Crippen LogP contribution in [0.25, 0.3) is 0 Å². The second kappa shape index (κ2) is 5.69. The van der Waals surface area contributed by atoms with Gasteiger partial charge in [0.1, 0.15) is 5.82 Å². The molecular weight excluding hydrogens is 280 g/mol. The van der Waals surface area contributed by atoms with E-state index in [4.69, 9.17) is 5.73 Å². The molecule has 0 saturated carbocycles. The zero-order valence-corrected chi connectivity index (χ0v) is 11.7. The van der Waals surface area contributed by atoms with Crippen molar-refractivity contribution < 1.29 is 0 Å². The third kappa shape index (κ3) is 3.33. The molecule has 1 aromatic heterocycles. The van der Waals surface area contributed by atoms with Crippen LogP contribution < -0.4 is 11.1 Å². The molecule has 1 fully saturated rings. The summed E-state index contributed by atoms with van der Waals surface area (Å²) in [5.41, 5.74) is 6.58. The molecule has 0 spiro atoms. The predicted molar refractivity (Wildman–Crippen MR) is 75.1 cm³/mol. The lowest BCUT2D eigenvalue weighted by atomic mass is 10.3. The van der Waals surface area contributed by atoms with E-state index in [-0.39, 0.29) is 0 Å². The molecular formula is C12H19BrN4. The third-order valence-corrected chi connectivity index (χ3v) is 3.65. The minimum atomic E-state index is 0.530. The number of nitrogen functional groups attached to an aromatic ring is 1. The van der Waals surface area contributed by atoms with Gasteiger partial charge in [0.25, 0.3) is 0 Å². The summed E-state index contributed by atoms with van der Waals surface area (Å²) >= 11 is 3.35. The lowest BCUT2D eigenvalue weighted by molar-refractivity contribution is 0.269. The first kappa shape index (κ1) is 12.6. The lowest BCUT2D eigenvalue weighted by Gasteiger charge is -2.24. The zero-order valence-electron chi connectivity index (χ0n) is 10.1. The summed E-state index contributed by atoms with van der Waals surface area (Å²) < 4.78 is 0.910. The number of likely N-dealkylation sites (tertiary alicyclic amines) is 1. The molecule has 2 rings (SSSR count). The van der Waals surface area contributed by atoms with Gasteiger partial charge in [-0.3, -0.25) is 4.90 Å². The first-order valence-electron chi connectivity index (χ1n) is 6.06. The Morgan fingerprint density at radius 2 is 2.24 bits per heavy atom. The van der Waals surface area contributed by atoms with Crippen molar-refractivity contribution in [1.29, 1.82) is 0 Å². The second-order valence-electron chi connectivity index (χ2n) is 4.56. The first-order valence-corrected chi connectivity index (χ1v) is 6.85. The van der Waals surface area contributed by atoms with Gasteiger partial charge < -0.3 is 11.1 Å². The Bertz CT molecular complexity index is 377. The van der Waals surface area contributed by atoms with Gasteiger partial charge in [-0.2, -0.15) is 0 Å². The van der Waals surface area contributed by atoms with Gasteiger partial charge in [-0.15, -0.1) is 0 Å². The van der Waals surface area contributed by atoms with Gasteiger partial charge >= 0.3 is 0 Å². The summed E-state index contributed by atoms with van der Waals surface area (Å²) in [6.45, 7) is 5.56. The molecule has 5 heteroatoms. The van der Waals surface area contributed by atoms with Gasteiger partial charge in [0.2, 0.25) is 0 Å². The average molecular weight is 299 g/mol. The number of pyridine rings is 1. The number of anilines is 2. The Morgan fingerprint density at radius 3 is 2.88 bits per heavy atom. The monoisotopic (exact) mass is 298 g/mol. The highest BCUT2D eigenvalue weighted by Crippen LogP contribution is 2.20. The number of aromatic nitrogens is 1. The zero-order chi connectivity index (χ0) is 12.3. The first-order chi connectivity index (χ1) is 8.16. The van der Waals surface area contributed by atoms with Crippen molar-refractivity contribution in [3.63, 3.8) is 0 Å². The van der Waals surface area contributed by atoms with Crippen LogP contribution in [0.2, 0.25) is 0 Å². The van der Waals surface area contributed by atoms with E-state index in [1.807, 2.05) is 6.07 Å². The fraction of sp³-hybridized carbons (Fsp3) is 0.583. The van der Waals surface area contributed by atoms with E-state index >= 15 is 0 Å². The van der Waals surface area contributed by atoms with E-state index in [2.05, 4.69) is 38.1 Å². The minimum absolute atomic E-state index is 0.530. The minimum Gasteiger partial charge on any atom is -0.396 e. The number of hydrogen-bond donors (Lipinski definition) is 2. The van der Waals surface area contributed by atoms with E-state index in [0.29, 0.717) is 11.7 Å². The van der Waals surface area contributed by atoms with E-state index in [1.54, 1.807) is 6.20 Å². The number of nitrogens with two attached hydrogens (primary N) is 1. The Hall–Kier alpha value is -0.810. The molecule has 4 nitrogen and oxygen atoms in total. The maximum Gasteiger partial charge on any atom is 0.149 e. The topological polar surface area (TPSA) is 54.2 Å². The molecule has 1 aliphatic heterocycles. The van der Waals surface area contributed by atoms with Crippen LogP contribution in [-0.2, 0) is 0 Å². The van der Waals surface area contributed by atoms with Gasteiger partial charge in [-0.1, -0.05) is 0 Å². The highest BCUT2D eigenvalue weighted by molar-refractivity contribution is 9.10. The van der Waals surface area contributed by atoms with Gasteiger partial charge in [-0.25, -0.2) is 4.98 Å². The van der Waals surface area contributed by atoms with Crippen molar-refractivity contribution in [2.24, 2.45) is 0 Å². The number of nitrogens with zero attached hydrogens (tertiary/aromatic N) is 2. The van der Waals surface area contributed by atoms with E-state index in [0.717, 1.165) is 16.8 Å². The Morgan fingerprint density at radius 1 is 1.53 bits per heavy atom. The molecule has 1 unspecified atom stereocenters. The summed E-state index contributed by atoms with van der Waals surface area (Å²) in [6.07, 6.45) is 4.41. The van der Waals surface area contributed by atoms with Gasteiger partial charge in [0.15, 0.2) is 0 Å². The molecule has 0 amide bonds. The van der Waals surface area contributed by atoms with E-state index < -0.39 is 0 Å². The van der Waals surface area contributed by atoms with Crippen LogP contribution in [0.3, 0.4) is 0 Å². The van der Waals surface area contributed by atoms with Crippen LogP contribution in [0.4, 0.5) is 11.5 Å². The fourth-order valence-corrected chi connectivity index (χ4v) is 2.51. The molecule has 1 aromatic rings. The maximum absolute atomic E-state index is 5.89. The molecule has 1 saturated heterocycles. The molecule has 94 valence electrons. The Labute approximate surface area is 111 Å². The second-order valence-corrected chi connectivity index (χ2v) is 5.48. The quantitative estimate of drug-likeness (QED) is 0.896. The highest BCUT2D eigenvalue weighted by atomic mass is 79.9. The standard InChI is InChI=1S/C12H19BrN4/c1-9(17-4-2-3-5-17)7-15-12-11(14)6-10(13)8-16-12/h6,8-9H,2-5,7,14H2,1H3,(H,15,16). The molecule has 0 radical (unpaired) electrons. The molecule has 2 heterocycles. The lowest BCUT2D eigenvalue weighted by Crippen LogP contribution is -2.35. The van der Waals surface area contributed by atoms with Crippen molar-refractivity contribution in [2.75, 3.05) is 30.7 Å². The molecule has 17 heavy (non-hydrogen) atoms. The van der Waals surface area contributed by atoms with E-state index in [1.165, 1.54) is 25.9 Å². The third-order valence-electron chi connectivity index (χ3n) is 3.21. The van der Waals surface area contributed by atoms with Crippen LogP contribution in [-0.4, -0.2) is 35.6 Å². The number of halogens is 1. The van der Waals surface area contributed by atoms with Gasteiger partial charge in [0, 0.05) is 23.3 Å². The summed E-state index contributed by atoms with van der Waals surface area (Å²) in [6, 6.07) is 2.40. The van der Waals surface area contributed by atoms with Gasteiger partial charge in [0.05, 0.1) is 5.69 Å². The molecule has 0 bridgehead atoms. The number of hydrogen-bond acceptors (Lipinski definition) is 4. The van der Waals surface area contributed by atoms with Crippen LogP contribution in [0.15, 0.2) is 16.7 Å². The van der Waals surface area contributed by atoms with Crippen LogP contribution >= 0.6 is 15.9 Å². The Balaban J connectivity index is 1.88. The Kier molecular flexibility index (Phi) is 4.23. The molecule has 3 N–H and O–H groups in total. The predicted octanol–water partition coefficient (Wildman–Crippen LogP) is 2.32. The average Bonchev–Trinajstić information content (AvgIpc) is 2.81. The fourth-order valence-electron chi connectivity index (χ4n) is 2.16.